The molecule has 0 amide bonds. The van der Waals surface area contributed by atoms with Crippen LogP contribution in [-0.2, 0) is 6.18 Å². The number of hydrogen-bond donors (Lipinski definition) is 1. The fraction of sp³-hybridized carbons (Fsp3) is 0.200. The first kappa shape index (κ1) is 8.57. The molecule has 0 atom stereocenters. The van der Waals surface area contributed by atoms with E-state index in [9.17, 15) is 18.0 Å². The predicted molar refractivity (Wildman–Crippen MR) is 31.3 cm³/mol. The number of carbonyl (C=O) groups is 1. The lowest BCUT2D eigenvalue weighted by Gasteiger charge is -1.99. The number of nitrogens with zero attached hydrogens (tertiary/aromatic N) is 1. The average molecular weight is 180 g/mol. The summed E-state index contributed by atoms with van der Waals surface area (Å²) in [5.74, 6) is -0.627. The van der Waals surface area contributed by atoms with E-state index in [4.69, 9.17) is 5.73 Å². The molecule has 66 valence electrons. The largest absolute Gasteiger partial charge is 0.437 e. The van der Waals surface area contributed by atoms with Crippen LogP contribution in [0.5, 0.6) is 0 Å². The predicted octanol–water partition coefficient (Wildman–Crippen LogP) is 1.09. The smallest absolute Gasteiger partial charge is 0.367 e. The van der Waals surface area contributed by atoms with E-state index < -0.39 is 23.3 Å². The van der Waals surface area contributed by atoms with Gasteiger partial charge in [0, 0.05) is 0 Å². The number of hydrogen-bond acceptors (Lipinski definition) is 4. The highest BCUT2D eigenvalue weighted by molar-refractivity contribution is 5.82. The second-order valence-electron chi connectivity index (χ2n) is 1.92. The van der Waals surface area contributed by atoms with Gasteiger partial charge in [0.15, 0.2) is 12.0 Å². The minimum absolute atomic E-state index is 0.0470. The topological polar surface area (TPSA) is 69.1 Å². The zero-order valence-electron chi connectivity index (χ0n) is 5.55. The molecule has 0 aliphatic rings. The van der Waals surface area contributed by atoms with Crippen LogP contribution in [0.25, 0.3) is 0 Å². The van der Waals surface area contributed by atoms with Crippen LogP contribution in [0.3, 0.4) is 0 Å². The zero-order valence-corrected chi connectivity index (χ0v) is 5.55. The monoisotopic (exact) mass is 180 g/mol. The molecule has 12 heavy (non-hydrogen) atoms. The van der Waals surface area contributed by atoms with Gasteiger partial charge >= 0.3 is 6.18 Å². The Kier molecular flexibility index (Phi) is 1.79. The average Bonchev–Trinajstić information content (AvgIpc) is 2.29. The highest BCUT2D eigenvalue weighted by Crippen LogP contribution is 2.32. The van der Waals surface area contributed by atoms with Gasteiger partial charge in [-0.3, -0.25) is 4.79 Å². The molecule has 0 spiro atoms. The summed E-state index contributed by atoms with van der Waals surface area (Å²) >= 11 is 0. The molecule has 4 nitrogen and oxygen atoms in total. The molecule has 0 aliphatic carbocycles. The van der Waals surface area contributed by atoms with E-state index in [0.29, 0.717) is 0 Å². The molecular weight excluding hydrogens is 177 g/mol. The minimum atomic E-state index is -4.71. The highest BCUT2D eigenvalue weighted by Gasteiger charge is 2.38. The molecule has 0 saturated carbocycles. The minimum Gasteiger partial charge on any atom is -0.367 e. The molecule has 0 saturated heterocycles. The molecule has 0 aromatic carbocycles. The Morgan fingerprint density at radius 3 is 2.42 bits per heavy atom. The number of carbonyl (C=O) groups excluding carboxylic acids is 1. The van der Waals surface area contributed by atoms with Crippen LogP contribution in [-0.4, -0.2) is 11.4 Å². The van der Waals surface area contributed by atoms with Crippen molar-refractivity contribution in [3.8, 4) is 0 Å². The van der Waals surface area contributed by atoms with E-state index in [1.54, 1.807) is 0 Å². The van der Waals surface area contributed by atoms with E-state index in [0.717, 1.165) is 0 Å². The second kappa shape index (κ2) is 2.50. The van der Waals surface area contributed by atoms with Crippen LogP contribution in [0, 0.1) is 0 Å². The lowest BCUT2D eigenvalue weighted by atomic mass is 10.2. The number of aromatic nitrogens is 1. The molecule has 0 bridgehead atoms. The van der Waals surface area contributed by atoms with Crippen molar-refractivity contribution < 1.29 is 22.5 Å². The van der Waals surface area contributed by atoms with E-state index in [1.165, 1.54) is 0 Å². The molecule has 0 radical (unpaired) electrons. The van der Waals surface area contributed by atoms with E-state index in [1.807, 2.05) is 0 Å². The first-order valence-corrected chi connectivity index (χ1v) is 2.74. The third-order valence-electron chi connectivity index (χ3n) is 1.14. The maximum atomic E-state index is 11.9. The van der Waals surface area contributed by atoms with Gasteiger partial charge in [-0.1, -0.05) is 5.16 Å². The lowest BCUT2D eigenvalue weighted by Crippen LogP contribution is -2.08. The number of anilines is 1. The summed E-state index contributed by atoms with van der Waals surface area (Å²) in [7, 11) is 0. The van der Waals surface area contributed by atoms with Gasteiger partial charge in [0.25, 0.3) is 0 Å². The van der Waals surface area contributed by atoms with Crippen molar-refractivity contribution in [1.29, 1.82) is 0 Å². The summed E-state index contributed by atoms with van der Waals surface area (Å²) in [5.41, 5.74) is 2.73. The quantitative estimate of drug-likeness (QED) is 0.656. The molecule has 1 aromatic rings. The third-order valence-corrected chi connectivity index (χ3v) is 1.14. The number of alkyl halides is 3. The van der Waals surface area contributed by atoms with Gasteiger partial charge in [-0.25, -0.2) is 0 Å². The summed E-state index contributed by atoms with van der Waals surface area (Å²) < 4.78 is 39.7. The number of nitrogens with two attached hydrogens (primary N) is 1. The van der Waals surface area contributed by atoms with Crippen molar-refractivity contribution in [3.05, 3.63) is 11.3 Å². The van der Waals surface area contributed by atoms with Crippen molar-refractivity contribution >= 4 is 12.2 Å². The molecule has 1 rings (SSSR count). The van der Waals surface area contributed by atoms with Gasteiger partial charge in [-0.2, -0.15) is 13.2 Å². The first-order chi connectivity index (χ1) is 5.46. The number of nitrogen functional groups attached to an aromatic ring is 1. The molecule has 1 heterocycles. The van der Waals surface area contributed by atoms with Crippen molar-refractivity contribution in [2.24, 2.45) is 0 Å². The molecule has 0 fully saturated rings. The normalized spacial score (nSPS) is 11.6. The van der Waals surface area contributed by atoms with Crippen molar-refractivity contribution in [1.82, 2.24) is 5.16 Å². The van der Waals surface area contributed by atoms with Crippen LogP contribution < -0.4 is 5.73 Å². The van der Waals surface area contributed by atoms with Crippen LogP contribution in [0.2, 0.25) is 0 Å². The van der Waals surface area contributed by atoms with Crippen molar-refractivity contribution in [3.63, 3.8) is 0 Å². The summed E-state index contributed by atoms with van der Waals surface area (Å²) in [6, 6.07) is 0. The zero-order chi connectivity index (χ0) is 9.35. The summed E-state index contributed by atoms with van der Waals surface area (Å²) in [6.45, 7) is 0. The summed E-state index contributed by atoms with van der Waals surface area (Å²) in [5, 5.41) is 2.60. The maximum absolute atomic E-state index is 11.9. The highest BCUT2D eigenvalue weighted by atomic mass is 19.4. The Labute approximate surface area is 64.1 Å². The second-order valence-corrected chi connectivity index (χ2v) is 1.92. The Bertz CT molecular complexity index is 304. The van der Waals surface area contributed by atoms with Crippen LogP contribution >= 0.6 is 0 Å². The number of aldehydes is 1. The Hall–Kier alpha value is -1.53. The van der Waals surface area contributed by atoms with Gasteiger partial charge in [0.2, 0.25) is 5.88 Å². The Morgan fingerprint density at radius 2 is 2.08 bits per heavy atom. The lowest BCUT2D eigenvalue weighted by molar-refractivity contribution is -0.142. The SMILES string of the molecule is Nc1onc(C(F)(F)F)c1C=O. The van der Waals surface area contributed by atoms with Crippen LogP contribution in [0.1, 0.15) is 16.1 Å². The van der Waals surface area contributed by atoms with Crippen molar-refractivity contribution in [2.75, 3.05) is 5.73 Å². The molecule has 0 aliphatic heterocycles. The molecular formula is C5H3F3N2O2. The summed E-state index contributed by atoms with van der Waals surface area (Å²) in [4.78, 5) is 10.1. The van der Waals surface area contributed by atoms with Gasteiger partial charge in [-0.05, 0) is 0 Å². The molecule has 0 unspecified atom stereocenters. The fourth-order valence-electron chi connectivity index (χ4n) is 0.628. The molecule has 7 heteroatoms. The number of rotatable bonds is 1. The van der Waals surface area contributed by atoms with E-state index in [2.05, 4.69) is 9.68 Å². The number of halogens is 3. The van der Waals surface area contributed by atoms with Gasteiger partial charge in [0.1, 0.15) is 5.56 Å². The first-order valence-electron chi connectivity index (χ1n) is 2.74. The van der Waals surface area contributed by atoms with Gasteiger partial charge in [-0.15, -0.1) is 0 Å². The van der Waals surface area contributed by atoms with Gasteiger partial charge in [0.05, 0.1) is 0 Å². The Morgan fingerprint density at radius 1 is 1.50 bits per heavy atom. The van der Waals surface area contributed by atoms with Gasteiger partial charge < -0.3 is 10.3 Å². The standard InChI is InChI=1S/C5H3F3N2O2/c6-5(7,8)3-2(1-11)4(9)12-10-3/h1H,9H2. The van der Waals surface area contributed by atoms with Crippen molar-refractivity contribution in [2.45, 2.75) is 6.18 Å². The molecule has 2 N–H and O–H groups in total. The molecule has 1 aromatic heterocycles. The fourth-order valence-corrected chi connectivity index (χ4v) is 0.628. The van der Waals surface area contributed by atoms with Crippen LogP contribution in [0.15, 0.2) is 4.52 Å². The summed E-state index contributed by atoms with van der Waals surface area (Å²) in [6.07, 6.45) is -4.76. The van der Waals surface area contributed by atoms with Crippen LogP contribution in [0.4, 0.5) is 19.1 Å². The maximum Gasteiger partial charge on any atom is 0.437 e. The third kappa shape index (κ3) is 1.25. The van der Waals surface area contributed by atoms with E-state index in [-0.39, 0.29) is 6.29 Å². The Balaban J connectivity index is 3.25. The van der Waals surface area contributed by atoms with E-state index >= 15 is 0 Å².